The van der Waals surface area contributed by atoms with Crippen LogP contribution in [0.5, 0.6) is 11.5 Å². The van der Waals surface area contributed by atoms with Crippen molar-refractivity contribution in [2.45, 2.75) is 13.5 Å². The van der Waals surface area contributed by atoms with E-state index in [1.807, 2.05) is 6.92 Å². The van der Waals surface area contributed by atoms with Crippen LogP contribution in [0.25, 0.3) is 6.08 Å². The van der Waals surface area contributed by atoms with Gasteiger partial charge in [0.1, 0.15) is 6.61 Å². The van der Waals surface area contributed by atoms with E-state index in [4.69, 9.17) is 37.8 Å². The second kappa shape index (κ2) is 11.5. The first-order valence-corrected chi connectivity index (χ1v) is 12.4. The fourth-order valence-corrected chi connectivity index (χ4v) is 4.48. The predicted molar refractivity (Wildman–Crippen MR) is 143 cm³/mol. The van der Waals surface area contributed by atoms with Gasteiger partial charge in [0, 0.05) is 5.02 Å². The normalized spacial score (nSPS) is 15.2. The van der Waals surface area contributed by atoms with Crippen LogP contribution < -0.4 is 14.8 Å². The third kappa shape index (κ3) is 6.40. The zero-order valence-corrected chi connectivity index (χ0v) is 21.3. The second-order valence-electron chi connectivity index (χ2n) is 7.51. The van der Waals surface area contributed by atoms with Crippen molar-refractivity contribution in [2.75, 3.05) is 6.61 Å². The van der Waals surface area contributed by atoms with Gasteiger partial charge in [0.05, 0.1) is 27.8 Å². The molecule has 1 heterocycles. The first-order valence-electron chi connectivity index (χ1n) is 10.8. The van der Waals surface area contributed by atoms with Crippen molar-refractivity contribution in [2.24, 2.45) is 4.99 Å². The van der Waals surface area contributed by atoms with E-state index in [1.54, 1.807) is 54.6 Å². The van der Waals surface area contributed by atoms with Gasteiger partial charge in [0.25, 0.3) is 5.91 Å². The van der Waals surface area contributed by atoms with Crippen LogP contribution in [0.15, 0.2) is 70.6 Å². The Morgan fingerprint density at radius 1 is 1.08 bits per heavy atom. The predicted octanol–water partition coefficient (Wildman–Crippen LogP) is 6.56. The van der Waals surface area contributed by atoms with Crippen LogP contribution in [-0.4, -0.2) is 28.8 Å². The molecule has 0 radical (unpaired) electrons. The first kappa shape index (κ1) is 25.6. The van der Waals surface area contributed by atoms with Gasteiger partial charge >= 0.3 is 5.97 Å². The topological polar surface area (TPSA) is 97.2 Å². The Balaban J connectivity index is 1.53. The number of hydrogen-bond acceptors (Lipinski definition) is 6. The number of aromatic carboxylic acids is 1. The molecular weight excluding hydrogens is 523 g/mol. The zero-order valence-electron chi connectivity index (χ0n) is 19.0. The number of thioether (sulfide) groups is 1. The maximum atomic E-state index is 12.5. The van der Waals surface area contributed by atoms with E-state index in [9.17, 15) is 9.59 Å². The van der Waals surface area contributed by atoms with E-state index < -0.39 is 5.97 Å². The summed E-state index contributed by atoms with van der Waals surface area (Å²) < 4.78 is 11.6. The molecule has 3 aromatic rings. The van der Waals surface area contributed by atoms with Crippen LogP contribution in [0, 0.1) is 0 Å². The molecule has 7 nitrogen and oxygen atoms in total. The van der Waals surface area contributed by atoms with Crippen LogP contribution in [0.4, 0.5) is 5.69 Å². The molecule has 1 saturated heterocycles. The van der Waals surface area contributed by atoms with Gasteiger partial charge in [-0.3, -0.25) is 4.79 Å². The summed E-state index contributed by atoms with van der Waals surface area (Å²) in [6, 6.07) is 16.8. The Kier molecular flexibility index (Phi) is 8.20. The van der Waals surface area contributed by atoms with Crippen LogP contribution >= 0.6 is 35.0 Å². The molecule has 1 aliphatic rings. The number of aliphatic imine (C=N–C) groups is 1. The molecule has 1 fully saturated rings. The molecule has 2 N–H and O–H groups in total. The molecule has 0 unspecified atom stereocenters. The lowest BCUT2D eigenvalue weighted by Crippen LogP contribution is -2.19. The van der Waals surface area contributed by atoms with Gasteiger partial charge in [-0.15, -0.1) is 0 Å². The van der Waals surface area contributed by atoms with Gasteiger partial charge in [-0.25, -0.2) is 9.79 Å². The van der Waals surface area contributed by atoms with Crippen molar-refractivity contribution in [3.63, 3.8) is 0 Å². The lowest BCUT2D eigenvalue weighted by Gasteiger charge is -2.15. The first-order chi connectivity index (χ1) is 17.3. The number of rotatable bonds is 8. The molecule has 1 amide bonds. The summed E-state index contributed by atoms with van der Waals surface area (Å²) >= 11 is 13.6. The Labute approximate surface area is 221 Å². The molecule has 36 heavy (non-hydrogen) atoms. The molecule has 0 aromatic heterocycles. The van der Waals surface area contributed by atoms with Crippen LogP contribution in [0.1, 0.15) is 28.4 Å². The molecule has 0 aliphatic carbocycles. The van der Waals surface area contributed by atoms with Gasteiger partial charge in [0.2, 0.25) is 0 Å². The highest BCUT2D eigenvalue weighted by Crippen LogP contribution is 2.39. The highest BCUT2D eigenvalue weighted by molar-refractivity contribution is 8.18. The monoisotopic (exact) mass is 542 g/mol. The third-order valence-electron chi connectivity index (χ3n) is 4.92. The van der Waals surface area contributed by atoms with E-state index in [0.717, 1.165) is 5.56 Å². The second-order valence-corrected chi connectivity index (χ2v) is 9.39. The molecule has 4 rings (SSSR count). The number of halogens is 2. The fourth-order valence-electron chi connectivity index (χ4n) is 3.24. The van der Waals surface area contributed by atoms with Crippen molar-refractivity contribution in [1.82, 2.24) is 5.32 Å². The Morgan fingerprint density at radius 3 is 2.47 bits per heavy atom. The van der Waals surface area contributed by atoms with Crippen molar-refractivity contribution in [3.05, 3.63) is 92.3 Å². The molecule has 0 atom stereocenters. The zero-order chi connectivity index (χ0) is 25.7. The SMILES string of the molecule is CCOc1cc(/C=C2\SC(=Nc3ccc(Cl)cc3)NC2=O)cc(Cl)c1OCc1ccc(C(=O)O)cc1. The Bertz CT molecular complexity index is 1360. The molecular formula is C26H20Cl2N2O5S. The standard InChI is InChI=1S/C26H20Cl2N2O5S/c1-2-34-21-12-16(11-20(28)23(21)35-14-15-3-5-17(6-4-15)25(32)33)13-22-24(31)30-26(36-22)29-19-9-7-18(27)8-10-19/h3-13H,2,14H2,1H3,(H,32,33)(H,29,30,31)/b22-13-. The molecule has 0 saturated carbocycles. The van der Waals surface area contributed by atoms with Gasteiger partial charge in [-0.1, -0.05) is 35.3 Å². The lowest BCUT2D eigenvalue weighted by molar-refractivity contribution is -0.115. The summed E-state index contributed by atoms with van der Waals surface area (Å²) in [7, 11) is 0. The summed E-state index contributed by atoms with van der Waals surface area (Å²) in [5.74, 6) is -0.479. The molecule has 0 spiro atoms. The van der Waals surface area contributed by atoms with Crippen LogP contribution in [0.3, 0.4) is 0 Å². The minimum atomic E-state index is -0.994. The van der Waals surface area contributed by atoms with Crippen molar-refractivity contribution in [3.8, 4) is 11.5 Å². The number of nitrogens with one attached hydrogen (secondary N) is 1. The maximum Gasteiger partial charge on any atom is 0.335 e. The number of carbonyl (C=O) groups excluding carboxylic acids is 1. The van der Waals surface area contributed by atoms with Crippen LogP contribution in [0.2, 0.25) is 10.0 Å². The quantitative estimate of drug-likeness (QED) is 0.313. The minimum Gasteiger partial charge on any atom is -0.490 e. The number of amidine groups is 1. The van der Waals surface area contributed by atoms with Gasteiger partial charge < -0.3 is 19.9 Å². The number of amides is 1. The smallest absolute Gasteiger partial charge is 0.335 e. The van der Waals surface area contributed by atoms with Crippen molar-refractivity contribution >= 4 is 63.8 Å². The molecule has 0 bridgehead atoms. The summed E-state index contributed by atoms with van der Waals surface area (Å²) in [5.41, 5.74) is 2.30. The summed E-state index contributed by atoms with van der Waals surface area (Å²) in [6.45, 7) is 2.39. The largest absolute Gasteiger partial charge is 0.490 e. The number of carboxylic acids is 1. The lowest BCUT2D eigenvalue weighted by atomic mass is 10.1. The van der Waals surface area contributed by atoms with Gasteiger partial charge in [-0.2, -0.15) is 0 Å². The van der Waals surface area contributed by atoms with Gasteiger partial charge in [0.15, 0.2) is 16.7 Å². The summed E-state index contributed by atoms with van der Waals surface area (Å²) in [4.78, 5) is 28.4. The van der Waals surface area contributed by atoms with E-state index in [0.29, 0.717) is 49.5 Å². The van der Waals surface area contributed by atoms with Crippen molar-refractivity contribution in [1.29, 1.82) is 0 Å². The average Bonchev–Trinajstić information content (AvgIpc) is 3.18. The summed E-state index contributed by atoms with van der Waals surface area (Å²) in [5, 5.41) is 13.2. The van der Waals surface area contributed by atoms with E-state index >= 15 is 0 Å². The van der Waals surface area contributed by atoms with E-state index in [2.05, 4.69) is 10.3 Å². The molecule has 1 aliphatic heterocycles. The van der Waals surface area contributed by atoms with Gasteiger partial charge in [-0.05, 0) is 84.4 Å². The number of ether oxygens (including phenoxy) is 2. The Morgan fingerprint density at radius 2 is 1.81 bits per heavy atom. The number of nitrogens with zero attached hydrogens (tertiary/aromatic N) is 1. The average molecular weight is 543 g/mol. The van der Waals surface area contributed by atoms with E-state index in [1.165, 1.54) is 23.9 Å². The number of carbonyl (C=O) groups is 2. The molecule has 3 aromatic carbocycles. The van der Waals surface area contributed by atoms with Crippen molar-refractivity contribution < 1.29 is 24.2 Å². The molecule has 10 heteroatoms. The highest BCUT2D eigenvalue weighted by Gasteiger charge is 2.24. The van der Waals surface area contributed by atoms with Crippen LogP contribution in [-0.2, 0) is 11.4 Å². The fraction of sp³-hybridized carbons (Fsp3) is 0.115. The maximum absolute atomic E-state index is 12.5. The highest BCUT2D eigenvalue weighted by atomic mass is 35.5. The number of carboxylic acid groups (broad SMARTS) is 1. The summed E-state index contributed by atoms with van der Waals surface area (Å²) in [6.07, 6.45) is 1.70. The minimum absolute atomic E-state index is 0.170. The van der Waals surface area contributed by atoms with E-state index in [-0.39, 0.29) is 18.1 Å². The number of benzene rings is 3. The number of hydrogen-bond donors (Lipinski definition) is 2. The Hall–Kier alpha value is -3.46. The third-order valence-corrected chi connectivity index (χ3v) is 6.36. The molecule has 184 valence electrons.